The van der Waals surface area contributed by atoms with Crippen molar-refractivity contribution in [2.24, 2.45) is 5.92 Å². The lowest BCUT2D eigenvalue weighted by Crippen LogP contribution is -2.39. The number of aromatic nitrogens is 2. The van der Waals surface area contributed by atoms with Gasteiger partial charge in [0.2, 0.25) is 0 Å². The minimum atomic E-state index is -0.505. The van der Waals surface area contributed by atoms with Gasteiger partial charge in [0.05, 0.1) is 7.11 Å². The highest BCUT2D eigenvalue weighted by Gasteiger charge is 2.27. The number of nitrogens with zero attached hydrogens (tertiary/aromatic N) is 3. The number of hydrogen-bond acceptors (Lipinski definition) is 4. The smallest absolute Gasteiger partial charge is 0.253 e. The Bertz CT molecular complexity index is 884. The highest BCUT2D eigenvalue weighted by molar-refractivity contribution is 5.94. The first-order valence-electron chi connectivity index (χ1n) is 10.8. The van der Waals surface area contributed by atoms with Crippen LogP contribution in [0.2, 0.25) is 0 Å². The van der Waals surface area contributed by atoms with Gasteiger partial charge in [-0.1, -0.05) is 0 Å². The maximum Gasteiger partial charge on any atom is 0.253 e. The largest absolute Gasteiger partial charge is 0.494 e. The fraction of sp³-hybridized carbons (Fsp3) is 0.565. The van der Waals surface area contributed by atoms with E-state index in [0.29, 0.717) is 30.5 Å². The summed E-state index contributed by atoms with van der Waals surface area (Å²) in [5.41, 5.74) is 1.57. The summed E-state index contributed by atoms with van der Waals surface area (Å²) in [5.74, 6) is 1.70. The molecule has 2 aliphatic heterocycles. The summed E-state index contributed by atoms with van der Waals surface area (Å²) in [6.07, 6.45) is 5.91. The number of aryl methyl sites for hydroxylation is 1. The average molecular weight is 416 g/mol. The number of benzene rings is 1. The summed E-state index contributed by atoms with van der Waals surface area (Å²) in [7, 11) is 1.42. The Hall–Kier alpha value is -2.41. The van der Waals surface area contributed by atoms with E-state index in [-0.39, 0.29) is 11.7 Å². The number of carbonyl (C=O) groups is 1. The van der Waals surface area contributed by atoms with Crippen molar-refractivity contribution in [3.05, 3.63) is 47.3 Å². The Morgan fingerprint density at radius 1 is 1.23 bits per heavy atom. The van der Waals surface area contributed by atoms with E-state index >= 15 is 0 Å². The predicted molar refractivity (Wildman–Crippen MR) is 111 cm³/mol. The van der Waals surface area contributed by atoms with Crippen LogP contribution < -0.4 is 4.74 Å². The number of amides is 1. The lowest BCUT2D eigenvalue weighted by Gasteiger charge is -2.33. The zero-order valence-corrected chi connectivity index (χ0v) is 17.8. The Balaban J connectivity index is 1.37. The van der Waals surface area contributed by atoms with Gasteiger partial charge in [0, 0.05) is 56.2 Å². The minimum absolute atomic E-state index is 0.114. The molecule has 0 unspecified atom stereocenters. The molecule has 1 amide bonds. The first-order chi connectivity index (χ1) is 14.6. The van der Waals surface area contributed by atoms with Gasteiger partial charge in [-0.3, -0.25) is 4.79 Å². The van der Waals surface area contributed by atoms with Gasteiger partial charge in [-0.25, -0.2) is 9.37 Å². The summed E-state index contributed by atoms with van der Waals surface area (Å²) in [4.78, 5) is 19.3. The molecule has 6 nitrogen and oxygen atoms in total. The van der Waals surface area contributed by atoms with Gasteiger partial charge in [0.25, 0.3) is 5.91 Å². The molecule has 0 N–H and O–H groups in total. The van der Waals surface area contributed by atoms with E-state index in [4.69, 9.17) is 14.5 Å². The van der Waals surface area contributed by atoms with E-state index in [1.54, 1.807) is 6.07 Å². The van der Waals surface area contributed by atoms with Crippen LogP contribution in [0, 0.1) is 18.7 Å². The molecule has 2 saturated heterocycles. The molecule has 0 atom stereocenters. The Morgan fingerprint density at radius 2 is 1.97 bits per heavy atom. The molecular formula is C23H30FN3O3. The lowest BCUT2D eigenvalue weighted by atomic mass is 9.95. The van der Waals surface area contributed by atoms with E-state index in [2.05, 4.69) is 11.5 Å². The topological polar surface area (TPSA) is 56.6 Å². The summed E-state index contributed by atoms with van der Waals surface area (Å²) in [5, 5.41) is 0. The first-order valence-corrected chi connectivity index (χ1v) is 10.8. The van der Waals surface area contributed by atoms with Crippen LogP contribution in [0.5, 0.6) is 5.75 Å². The van der Waals surface area contributed by atoms with E-state index in [1.165, 1.54) is 30.8 Å². The zero-order chi connectivity index (χ0) is 21.1. The minimum Gasteiger partial charge on any atom is -0.494 e. The highest BCUT2D eigenvalue weighted by Crippen LogP contribution is 2.29. The summed E-state index contributed by atoms with van der Waals surface area (Å²) < 4.78 is 26.8. The highest BCUT2D eigenvalue weighted by atomic mass is 19.1. The Labute approximate surface area is 177 Å². The average Bonchev–Trinajstić information content (AvgIpc) is 3.14. The van der Waals surface area contributed by atoms with Crippen LogP contribution in [0.1, 0.15) is 53.5 Å². The molecule has 0 radical (unpaired) electrons. The maximum atomic E-state index is 14.0. The third-order valence-corrected chi connectivity index (χ3v) is 6.41. The van der Waals surface area contributed by atoms with Crippen molar-refractivity contribution in [2.75, 3.05) is 33.4 Å². The quantitative estimate of drug-likeness (QED) is 0.746. The molecule has 2 aromatic rings. The van der Waals surface area contributed by atoms with Gasteiger partial charge in [-0.15, -0.1) is 0 Å². The number of rotatable bonds is 5. The number of ether oxygens (including phenoxy) is 2. The molecule has 2 aliphatic rings. The second-order valence-electron chi connectivity index (χ2n) is 8.34. The van der Waals surface area contributed by atoms with Crippen molar-refractivity contribution in [3.63, 3.8) is 0 Å². The number of carbonyl (C=O) groups excluding carboxylic acids is 1. The van der Waals surface area contributed by atoms with Crippen LogP contribution in [-0.4, -0.2) is 53.8 Å². The molecule has 1 aromatic heterocycles. The van der Waals surface area contributed by atoms with Crippen LogP contribution in [0.4, 0.5) is 4.39 Å². The second-order valence-corrected chi connectivity index (χ2v) is 8.34. The third-order valence-electron chi connectivity index (χ3n) is 6.41. The standard InChI is InChI=1S/C23H30FN3O3/c1-16-14-25-22(18-7-11-30-12-8-18)27(16)15-17-5-9-26(10-6-17)23(28)19-3-4-21(29-2)20(24)13-19/h3-4,13-14,17-18H,5-12,15H2,1-2H3. The Kier molecular flexibility index (Phi) is 6.37. The summed E-state index contributed by atoms with van der Waals surface area (Å²) in [6.45, 7) is 6.06. The Morgan fingerprint density at radius 3 is 2.63 bits per heavy atom. The van der Waals surface area contributed by atoms with Crippen LogP contribution >= 0.6 is 0 Å². The van der Waals surface area contributed by atoms with Crippen molar-refractivity contribution >= 4 is 5.91 Å². The van der Waals surface area contributed by atoms with Gasteiger partial charge in [0.15, 0.2) is 11.6 Å². The predicted octanol–water partition coefficient (Wildman–Crippen LogP) is 3.79. The van der Waals surface area contributed by atoms with Gasteiger partial charge in [-0.05, 0) is 56.7 Å². The number of halogens is 1. The second kappa shape index (κ2) is 9.16. The van der Waals surface area contributed by atoms with Crippen molar-refractivity contribution < 1.29 is 18.7 Å². The van der Waals surface area contributed by atoms with Crippen molar-refractivity contribution in [3.8, 4) is 5.75 Å². The number of piperidine rings is 1. The van der Waals surface area contributed by atoms with E-state index in [1.807, 2.05) is 11.1 Å². The zero-order valence-electron chi connectivity index (χ0n) is 17.8. The van der Waals surface area contributed by atoms with Gasteiger partial charge in [-0.2, -0.15) is 0 Å². The van der Waals surface area contributed by atoms with Gasteiger partial charge in [0.1, 0.15) is 5.82 Å². The van der Waals surface area contributed by atoms with E-state index in [0.717, 1.165) is 45.4 Å². The van der Waals surface area contributed by atoms with Crippen LogP contribution in [0.15, 0.2) is 24.4 Å². The monoisotopic (exact) mass is 415 g/mol. The van der Waals surface area contributed by atoms with Crippen LogP contribution in [-0.2, 0) is 11.3 Å². The molecule has 0 bridgehead atoms. The van der Waals surface area contributed by atoms with E-state index in [9.17, 15) is 9.18 Å². The summed E-state index contributed by atoms with van der Waals surface area (Å²) in [6, 6.07) is 4.41. The van der Waals surface area contributed by atoms with Crippen LogP contribution in [0.25, 0.3) is 0 Å². The molecule has 0 saturated carbocycles. The molecule has 2 fully saturated rings. The normalized spacial score (nSPS) is 18.6. The molecular weight excluding hydrogens is 385 g/mol. The van der Waals surface area contributed by atoms with Gasteiger partial charge >= 0.3 is 0 Å². The number of hydrogen-bond donors (Lipinski definition) is 0. The molecule has 0 aliphatic carbocycles. The molecule has 7 heteroatoms. The first kappa shape index (κ1) is 20.8. The molecule has 4 rings (SSSR count). The van der Waals surface area contributed by atoms with Crippen molar-refractivity contribution in [1.82, 2.24) is 14.5 Å². The van der Waals surface area contributed by atoms with E-state index < -0.39 is 5.82 Å². The molecule has 0 spiro atoms. The third kappa shape index (κ3) is 4.36. The number of likely N-dealkylation sites (tertiary alicyclic amines) is 1. The van der Waals surface area contributed by atoms with Crippen LogP contribution in [0.3, 0.4) is 0 Å². The van der Waals surface area contributed by atoms with Crippen molar-refractivity contribution in [1.29, 1.82) is 0 Å². The fourth-order valence-corrected chi connectivity index (χ4v) is 4.56. The number of methoxy groups -OCH3 is 1. The molecule has 3 heterocycles. The van der Waals surface area contributed by atoms with Gasteiger partial charge < -0.3 is 18.9 Å². The molecule has 30 heavy (non-hydrogen) atoms. The maximum absolute atomic E-state index is 14.0. The fourth-order valence-electron chi connectivity index (χ4n) is 4.56. The molecule has 1 aromatic carbocycles. The molecule has 162 valence electrons. The van der Waals surface area contributed by atoms with Crippen molar-refractivity contribution in [2.45, 2.75) is 45.1 Å². The number of imidazole rings is 1. The SMILES string of the molecule is COc1ccc(C(=O)N2CCC(Cn3c(C)cnc3C3CCOCC3)CC2)cc1F. The summed E-state index contributed by atoms with van der Waals surface area (Å²) >= 11 is 0. The lowest BCUT2D eigenvalue weighted by molar-refractivity contribution is 0.0679.